The highest BCUT2D eigenvalue weighted by Crippen LogP contribution is 2.40. The Balaban J connectivity index is 2.24. The van der Waals surface area contributed by atoms with Crippen LogP contribution in [0.25, 0.3) is 43.1 Å². The molecule has 0 heterocycles. The highest BCUT2D eigenvalue weighted by Gasteiger charge is 2.17. The molecule has 0 aliphatic heterocycles. The number of fused-ring (bicyclic) bond motifs is 2. The van der Waals surface area contributed by atoms with Crippen LogP contribution in [0.4, 0.5) is 0 Å². The number of ketones is 1. The quantitative estimate of drug-likeness (QED) is 0.212. The van der Waals surface area contributed by atoms with E-state index in [0.29, 0.717) is 0 Å². The molecule has 0 saturated carbocycles. The number of carbonyl (C=O) groups excluding carboxylic acids is 1. The van der Waals surface area contributed by atoms with Gasteiger partial charge in [0.25, 0.3) is 0 Å². The first-order chi connectivity index (χ1) is 11.3. The van der Waals surface area contributed by atoms with Crippen LogP contribution in [0.2, 0.25) is 0 Å². The minimum Gasteiger partial charge on any atom is -0.294 e. The molecule has 1 nitrogen and oxygen atoms in total. The van der Waals surface area contributed by atoms with Gasteiger partial charge in [-0.1, -0.05) is 66.7 Å². The molecule has 0 aromatic heterocycles. The molecule has 1 heteroatoms. The van der Waals surface area contributed by atoms with Crippen molar-refractivity contribution in [3.63, 3.8) is 0 Å². The molecule has 0 aliphatic rings. The zero-order chi connectivity index (χ0) is 15.6. The summed E-state index contributed by atoms with van der Waals surface area (Å²) < 4.78 is 0. The van der Waals surface area contributed by atoms with Crippen LogP contribution in [0.3, 0.4) is 0 Å². The summed E-state index contributed by atoms with van der Waals surface area (Å²) in [6.07, 6.45) is 0. The Morgan fingerprint density at radius 1 is 0.609 bits per heavy atom. The molecule has 0 radical (unpaired) electrons. The largest absolute Gasteiger partial charge is 0.294 e. The minimum atomic E-state index is 0.124. The van der Waals surface area contributed by atoms with Gasteiger partial charge in [-0.05, 0) is 50.0 Å². The van der Waals surface area contributed by atoms with E-state index in [1.165, 1.54) is 26.9 Å². The molecule has 0 spiro atoms. The van der Waals surface area contributed by atoms with Crippen molar-refractivity contribution >= 4 is 48.9 Å². The lowest BCUT2D eigenvalue weighted by atomic mass is 9.87. The second-order valence-electron chi connectivity index (χ2n) is 6.16. The van der Waals surface area contributed by atoms with E-state index in [-0.39, 0.29) is 5.78 Å². The van der Waals surface area contributed by atoms with Crippen molar-refractivity contribution in [2.24, 2.45) is 0 Å². The Morgan fingerprint density at radius 3 is 1.96 bits per heavy atom. The second kappa shape index (κ2) is 4.30. The molecule has 0 aliphatic carbocycles. The SMILES string of the molecule is CC(=O)c1c2ccccc2c2ccc3cccc4ccc1c2c43. The van der Waals surface area contributed by atoms with Crippen molar-refractivity contribution in [2.75, 3.05) is 0 Å². The summed E-state index contributed by atoms with van der Waals surface area (Å²) in [4.78, 5) is 12.4. The molecule has 0 fully saturated rings. The lowest BCUT2D eigenvalue weighted by Crippen LogP contribution is -1.97. The molecule has 5 aromatic carbocycles. The van der Waals surface area contributed by atoms with Crippen molar-refractivity contribution in [3.8, 4) is 0 Å². The number of benzene rings is 5. The Labute approximate surface area is 133 Å². The minimum absolute atomic E-state index is 0.124. The molecular formula is C22H14O. The van der Waals surface area contributed by atoms with Gasteiger partial charge in [-0.25, -0.2) is 0 Å². The van der Waals surface area contributed by atoms with E-state index in [9.17, 15) is 4.79 Å². The number of hydrogen-bond acceptors (Lipinski definition) is 1. The molecule has 5 rings (SSSR count). The zero-order valence-corrected chi connectivity index (χ0v) is 12.8. The maximum Gasteiger partial charge on any atom is 0.161 e. The molecule has 108 valence electrons. The first kappa shape index (κ1) is 12.6. The normalized spacial score (nSPS) is 11.9. The summed E-state index contributed by atoms with van der Waals surface area (Å²) in [5, 5.41) is 9.42. The van der Waals surface area contributed by atoms with Crippen molar-refractivity contribution < 1.29 is 4.79 Å². The lowest BCUT2D eigenvalue weighted by molar-refractivity contribution is 0.102. The fraction of sp³-hybridized carbons (Fsp3) is 0.0455. The molecular weight excluding hydrogens is 280 g/mol. The third-order valence-electron chi connectivity index (χ3n) is 4.88. The molecule has 0 saturated heterocycles. The van der Waals surface area contributed by atoms with Gasteiger partial charge in [0, 0.05) is 5.56 Å². The van der Waals surface area contributed by atoms with E-state index < -0.39 is 0 Å². The van der Waals surface area contributed by atoms with Crippen molar-refractivity contribution in [1.82, 2.24) is 0 Å². The fourth-order valence-electron chi connectivity index (χ4n) is 3.98. The van der Waals surface area contributed by atoms with E-state index in [1.54, 1.807) is 6.92 Å². The monoisotopic (exact) mass is 294 g/mol. The third kappa shape index (κ3) is 1.54. The van der Waals surface area contributed by atoms with E-state index in [2.05, 4.69) is 54.6 Å². The van der Waals surface area contributed by atoms with E-state index in [0.717, 1.165) is 21.7 Å². The standard InChI is InChI=1S/C22H14O/c1-13(23)20-17-8-3-2-7-16(17)18-11-9-14-5-4-6-15-10-12-19(20)22(18)21(14)15/h2-12H,1H3. The van der Waals surface area contributed by atoms with Gasteiger partial charge < -0.3 is 0 Å². The fourth-order valence-corrected chi connectivity index (χ4v) is 3.98. The lowest BCUT2D eigenvalue weighted by Gasteiger charge is -2.16. The number of hydrogen-bond donors (Lipinski definition) is 0. The summed E-state index contributed by atoms with van der Waals surface area (Å²) in [6.45, 7) is 1.67. The van der Waals surface area contributed by atoms with E-state index in [4.69, 9.17) is 0 Å². The summed E-state index contributed by atoms with van der Waals surface area (Å²) >= 11 is 0. The molecule has 0 N–H and O–H groups in total. The van der Waals surface area contributed by atoms with Gasteiger partial charge in [-0.2, -0.15) is 0 Å². The summed E-state index contributed by atoms with van der Waals surface area (Å²) in [6, 6.07) is 23.2. The number of rotatable bonds is 1. The maximum absolute atomic E-state index is 12.4. The highest BCUT2D eigenvalue weighted by atomic mass is 16.1. The first-order valence-corrected chi connectivity index (χ1v) is 7.85. The predicted octanol–water partition coefficient (Wildman–Crippen LogP) is 5.94. The molecule has 0 amide bonds. The summed E-state index contributed by atoms with van der Waals surface area (Å²) in [5.74, 6) is 0.124. The maximum atomic E-state index is 12.4. The van der Waals surface area contributed by atoms with Crippen molar-refractivity contribution in [2.45, 2.75) is 6.92 Å². The topological polar surface area (TPSA) is 17.1 Å². The summed E-state index contributed by atoms with van der Waals surface area (Å²) in [7, 11) is 0. The van der Waals surface area contributed by atoms with Gasteiger partial charge in [-0.15, -0.1) is 0 Å². The molecule has 0 atom stereocenters. The van der Waals surface area contributed by atoms with Crippen LogP contribution in [-0.2, 0) is 0 Å². The number of carbonyl (C=O) groups is 1. The molecule has 5 aromatic rings. The Morgan fingerprint density at radius 2 is 1.26 bits per heavy atom. The van der Waals surface area contributed by atoms with Crippen LogP contribution >= 0.6 is 0 Å². The Hall–Kier alpha value is -2.93. The number of Topliss-reactive ketones (excluding diaryl/α,β-unsaturated/α-hetero) is 1. The molecule has 0 unspecified atom stereocenters. The first-order valence-electron chi connectivity index (χ1n) is 7.85. The van der Waals surface area contributed by atoms with Crippen LogP contribution in [0.15, 0.2) is 66.7 Å². The van der Waals surface area contributed by atoms with Gasteiger partial charge in [0.2, 0.25) is 0 Å². The zero-order valence-electron chi connectivity index (χ0n) is 12.8. The van der Waals surface area contributed by atoms with Crippen LogP contribution in [0.1, 0.15) is 17.3 Å². The molecule has 0 bridgehead atoms. The average molecular weight is 294 g/mol. The van der Waals surface area contributed by atoms with Gasteiger partial charge in [0.05, 0.1) is 0 Å². The van der Waals surface area contributed by atoms with Gasteiger partial charge >= 0.3 is 0 Å². The van der Waals surface area contributed by atoms with E-state index in [1.807, 2.05) is 12.1 Å². The van der Waals surface area contributed by atoms with Gasteiger partial charge in [0.15, 0.2) is 5.78 Å². The Kier molecular flexibility index (Phi) is 2.35. The van der Waals surface area contributed by atoms with Crippen LogP contribution in [0.5, 0.6) is 0 Å². The predicted molar refractivity (Wildman–Crippen MR) is 97.7 cm³/mol. The smallest absolute Gasteiger partial charge is 0.161 e. The third-order valence-corrected chi connectivity index (χ3v) is 4.88. The van der Waals surface area contributed by atoms with Crippen molar-refractivity contribution in [1.29, 1.82) is 0 Å². The van der Waals surface area contributed by atoms with Crippen LogP contribution in [0, 0.1) is 0 Å². The average Bonchev–Trinajstić information content (AvgIpc) is 2.58. The van der Waals surface area contributed by atoms with Crippen LogP contribution < -0.4 is 0 Å². The Bertz CT molecular complexity index is 1220. The van der Waals surface area contributed by atoms with Crippen molar-refractivity contribution in [3.05, 3.63) is 72.3 Å². The second-order valence-corrected chi connectivity index (χ2v) is 6.16. The van der Waals surface area contributed by atoms with Crippen LogP contribution in [-0.4, -0.2) is 5.78 Å². The summed E-state index contributed by atoms with van der Waals surface area (Å²) in [5.41, 5.74) is 0.839. The van der Waals surface area contributed by atoms with Gasteiger partial charge in [0.1, 0.15) is 0 Å². The molecule has 23 heavy (non-hydrogen) atoms. The van der Waals surface area contributed by atoms with E-state index >= 15 is 0 Å². The van der Waals surface area contributed by atoms with Gasteiger partial charge in [-0.3, -0.25) is 4.79 Å². The highest BCUT2D eigenvalue weighted by molar-refractivity contribution is 6.34.